The number of aliphatic hydroxyl groups is 1. The molecule has 1 saturated carbocycles. The first-order chi connectivity index (χ1) is 16.5. The summed E-state index contributed by atoms with van der Waals surface area (Å²) in [5.74, 6) is 1.71. The maximum Gasteiger partial charge on any atom is 0.261 e. The second kappa shape index (κ2) is 10.4. The molecule has 2 saturated heterocycles. The lowest BCUT2D eigenvalue weighted by molar-refractivity contribution is -0.0732. The van der Waals surface area contributed by atoms with Crippen LogP contribution in [0, 0.1) is 5.92 Å². The van der Waals surface area contributed by atoms with Gasteiger partial charge in [-0.25, -0.2) is 9.97 Å². The zero-order chi connectivity index (χ0) is 23.7. The van der Waals surface area contributed by atoms with Gasteiger partial charge >= 0.3 is 0 Å². The van der Waals surface area contributed by atoms with Crippen molar-refractivity contribution in [1.82, 2.24) is 19.4 Å². The van der Waals surface area contributed by atoms with Gasteiger partial charge < -0.3 is 14.4 Å². The Kier molecular flexibility index (Phi) is 7.32. The van der Waals surface area contributed by atoms with E-state index in [1.54, 1.807) is 6.20 Å². The van der Waals surface area contributed by atoms with E-state index in [0.717, 1.165) is 95.4 Å². The fourth-order valence-electron chi connectivity index (χ4n) is 6.13. The number of rotatable bonds is 7. The largest absolute Gasteiger partial charge is 0.393 e. The third kappa shape index (κ3) is 4.93. The van der Waals surface area contributed by atoms with Crippen LogP contribution in [0.1, 0.15) is 88.6 Å². The van der Waals surface area contributed by atoms with Gasteiger partial charge in [0.25, 0.3) is 5.56 Å². The van der Waals surface area contributed by atoms with Crippen molar-refractivity contribution >= 4 is 10.9 Å². The molecular formula is C27H40N4O3. The van der Waals surface area contributed by atoms with Crippen LogP contribution in [-0.2, 0) is 11.2 Å². The smallest absolute Gasteiger partial charge is 0.261 e. The summed E-state index contributed by atoms with van der Waals surface area (Å²) in [4.78, 5) is 25.8. The van der Waals surface area contributed by atoms with Crippen LogP contribution >= 0.6 is 0 Å². The number of fused-ring (bicyclic) bond motifs is 1. The first-order valence-electron chi connectivity index (χ1n) is 13.4. The molecule has 186 valence electrons. The molecule has 0 amide bonds. The van der Waals surface area contributed by atoms with Crippen molar-refractivity contribution in [3.05, 3.63) is 34.1 Å². The molecule has 1 N–H and O–H groups in total. The molecule has 0 aromatic carbocycles. The normalized spacial score (nSPS) is 26.0. The molecule has 34 heavy (non-hydrogen) atoms. The number of aromatic nitrogens is 3. The minimum atomic E-state index is -0.201. The topological polar surface area (TPSA) is 80.5 Å². The van der Waals surface area contributed by atoms with Crippen LogP contribution in [0.5, 0.6) is 0 Å². The maximum absolute atomic E-state index is 13.6. The number of pyridine rings is 1. The van der Waals surface area contributed by atoms with Gasteiger partial charge in [0, 0.05) is 37.9 Å². The van der Waals surface area contributed by atoms with Crippen molar-refractivity contribution < 1.29 is 9.84 Å². The molecule has 5 rings (SSSR count). The molecule has 3 aliphatic rings. The molecule has 0 spiro atoms. The molecule has 7 nitrogen and oxygen atoms in total. The molecule has 1 aliphatic carbocycles. The van der Waals surface area contributed by atoms with Crippen LogP contribution in [0.15, 0.2) is 17.2 Å². The Morgan fingerprint density at radius 3 is 2.50 bits per heavy atom. The lowest BCUT2D eigenvalue weighted by Gasteiger charge is -2.41. The summed E-state index contributed by atoms with van der Waals surface area (Å²) in [5.41, 5.74) is 2.08. The highest BCUT2D eigenvalue weighted by Gasteiger charge is 2.32. The SMILES string of the molecule is CCCC(C)Cc1ncc2c(=O)n(C3CCN(C4COC4)CC3)cc(C3CCC(O)CC3)c2n1. The number of aliphatic hydroxyl groups excluding tert-OH is 1. The summed E-state index contributed by atoms with van der Waals surface area (Å²) in [6, 6.07) is 0.770. The van der Waals surface area contributed by atoms with Crippen LogP contribution in [-0.4, -0.2) is 63.0 Å². The molecule has 2 aromatic heterocycles. The van der Waals surface area contributed by atoms with Gasteiger partial charge in [-0.05, 0) is 55.9 Å². The summed E-state index contributed by atoms with van der Waals surface area (Å²) >= 11 is 0. The Hall–Kier alpha value is -1.83. The molecule has 0 bridgehead atoms. The number of hydrogen-bond donors (Lipinski definition) is 1. The summed E-state index contributed by atoms with van der Waals surface area (Å²) in [5, 5.41) is 10.7. The fraction of sp³-hybridized carbons (Fsp3) is 0.741. The average Bonchev–Trinajstić information content (AvgIpc) is 2.80. The van der Waals surface area contributed by atoms with E-state index in [1.807, 2.05) is 4.57 Å². The summed E-state index contributed by atoms with van der Waals surface area (Å²) in [7, 11) is 0. The van der Waals surface area contributed by atoms with Crippen LogP contribution < -0.4 is 5.56 Å². The highest BCUT2D eigenvalue weighted by Crippen LogP contribution is 2.36. The van der Waals surface area contributed by atoms with Crippen molar-refractivity contribution in [2.75, 3.05) is 26.3 Å². The summed E-state index contributed by atoms with van der Waals surface area (Å²) < 4.78 is 7.38. The number of piperidine rings is 1. The number of likely N-dealkylation sites (tertiary alicyclic amines) is 1. The van der Waals surface area contributed by atoms with E-state index >= 15 is 0 Å². The molecule has 1 unspecified atom stereocenters. The third-order valence-corrected chi connectivity index (χ3v) is 8.33. The van der Waals surface area contributed by atoms with E-state index in [1.165, 1.54) is 5.56 Å². The fourth-order valence-corrected chi connectivity index (χ4v) is 6.13. The van der Waals surface area contributed by atoms with Gasteiger partial charge in [0.1, 0.15) is 5.82 Å². The van der Waals surface area contributed by atoms with Crippen LogP contribution in [0.2, 0.25) is 0 Å². The van der Waals surface area contributed by atoms with Crippen LogP contribution in [0.3, 0.4) is 0 Å². The zero-order valence-corrected chi connectivity index (χ0v) is 20.8. The molecule has 2 aliphatic heterocycles. The van der Waals surface area contributed by atoms with E-state index in [0.29, 0.717) is 23.3 Å². The second-order valence-corrected chi connectivity index (χ2v) is 10.9. The van der Waals surface area contributed by atoms with Crippen LogP contribution in [0.4, 0.5) is 0 Å². The number of nitrogens with zero attached hydrogens (tertiary/aromatic N) is 4. The first kappa shape index (κ1) is 23.9. The Bertz CT molecular complexity index is 1030. The van der Waals surface area contributed by atoms with E-state index in [9.17, 15) is 9.90 Å². The van der Waals surface area contributed by atoms with E-state index in [4.69, 9.17) is 9.72 Å². The zero-order valence-electron chi connectivity index (χ0n) is 20.8. The van der Waals surface area contributed by atoms with Gasteiger partial charge in [0.05, 0.1) is 36.3 Å². The third-order valence-electron chi connectivity index (χ3n) is 8.33. The van der Waals surface area contributed by atoms with E-state index in [-0.39, 0.29) is 17.7 Å². The van der Waals surface area contributed by atoms with Crippen molar-refractivity contribution in [2.24, 2.45) is 5.92 Å². The Morgan fingerprint density at radius 2 is 1.85 bits per heavy atom. The summed E-state index contributed by atoms with van der Waals surface area (Å²) in [6.07, 6.45) is 12.4. The van der Waals surface area contributed by atoms with Gasteiger partial charge in [0.15, 0.2) is 0 Å². The van der Waals surface area contributed by atoms with Crippen molar-refractivity contribution in [3.8, 4) is 0 Å². The molecular weight excluding hydrogens is 428 g/mol. The minimum Gasteiger partial charge on any atom is -0.393 e. The van der Waals surface area contributed by atoms with Gasteiger partial charge in [-0.2, -0.15) is 0 Å². The summed E-state index contributed by atoms with van der Waals surface area (Å²) in [6.45, 7) is 8.17. The quantitative estimate of drug-likeness (QED) is 0.665. The second-order valence-electron chi connectivity index (χ2n) is 10.9. The monoisotopic (exact) mass is 468 g/mol. The molecule has 7 heteroatoms. The van der Waals surface area contributed by atoms with E-state index in [2.05, 4.69) is 29.9 Å². The van der Waals surface area contributed by atoms with Crippen LogP contribution in [0.25, 0.3) is 10.9 Å². The predicted octanol–water partition coefficient (Wildman–Crippen LogP) is 3.82. The molecule has 3 fully saturated rings. The van der Waals surface area contributed by atoms with Crippen molar-refractivity contribution in [2.45, 2.75) is 95.7 Å². The predicted molar refractivity (Wildman–Crippen MR) is 133 cm³/mol. The molecule has 2 aromatic rings. The Morgan fingerprint density at radius 1 is 1.12 bits per heavy atom. The first-order valence-corrected chi connectivity index (χ1v) is 13.4. The van der Waals surface area contributed by atoms with Gasteiger partial charge in [-0.1, -0.05) is 26.7 Å². The molecule has 1 atom stereocenters. The molecule has 0 radical (unpaired) electrons. The van der Waals surface area contributed by atoms with Crippen molar-refractivity contribution in [1.29, 1.82) is 0 Å². The Balaban J connectivity index is 1.48. The lowest BCUT2D eigenvalue weighted by atomic mass is 9.82. The highest BCUT2D eigenvalue weighted by atomic mass is 16.5. The van der Waals surface area contributed by atoms with Gasteiger partial charge in [-0.3, -0.25) is 9.69 Å². The Labute approximate surface area is 202 Å². The van der Waals surface area contributed by atoms with E-state index < -0.39 is 0 Å². The molecule has 4 heterocycles. The van der Waals surface area contributed by atoms with Crippen molar-refractivity contribution in [3.63, 3.8) is 0 Å². The number of ether oxygens (including phenoxy) is 1. The highest BCUT2D eigenvalue weighted by molar-refractivity contribution is 5.80. The van der Waals surface area contributed by atoms with Gasteiger partial charge in [0.2, 0.25) is 0 Å². The lowest BCUT2D eigenvalue weighted by Crippen LogP contribution is -2.52. The average molecular weight is 469 g/mol. The number of hydrogen-bond acceptors (Lipinski definition) is 6. The minimum absolute atomic E-state index is 0.0492. The standard InChI is InChI=1S/C27H40N4O3/c1-3-4-18(2)13-25-28-14-23-26(29-25)24(19-5-7-22(32)8-6-19)15-31(27(23)33)20-9-11-30(12-10-20)21-16-34-17-21/h14-15,18-22,32H,3-13,16-17H2,1-2H3. The maximum atomic E-state index is 13.6. The van der Waals surface area contributed by atoms with Gasteiger partial charge in [-0.15, -0.1) is 0 Å².